The Morgan fingerprint density at radius 2 is 1.63 bits per heavy atom. The smallest absolute Gasteiger partial charge is 0.261 e. The van der Waals surface area contributed by atoms with Crippen molar-refractivity contribution in [3.8, 4) is 5.75 Å². The standard InChI is InChI=1S/C23H27NO3/c1-15(20-9-8-19-6-4-5-7-21(19)14-20)24-23(26)17(3)27-22-12-10-18(11-13-22)16(2)25/h8-15,17H,4-7H2,1-3H3,(H,24,26). The van der Waals surface area contributed by atoms with Crippen molar-refractivity contribution in [2.24, 2.45) is 0 Å². The molecule has 2 aromatic carbocycles. The third kappa shape index (κ3) is 4.76. The topological polar surface area (TPSA) is 55.4 Å². The van der Waals surface area contributed by atoms with E-state index in [1.807, 2.05) is 6.92 Å². The van der Waals surface area contributed by atoms with Gasteiger partial charge in [0.25, 0.3) is 5.91 Å². The van der Waals surface area contributed by atoms with E-state index in [2.05, 4.69) is 23.5 Å². The van der Waals surface area contributed by atoms with Crippen LogP contribution in [0.25, 0.3) is 0 Å². The fourth-order valence-electron chi connectivity index (χ4n) is 3.46. The number of ketones is 1. The Morgan fingerprint density at radius 1 is 0.963 bits per heavy atom. The molecule has 4 heteroatoms. The quantitative estimate of drug-likeness (QED) is 0.771. The molecule has 142 valence electrons. The van der Waals surface area contributed by atoms with Crippen LogP contribution in [0.3, 0.4) is 0 Å². The van der Waals surface area contributed by atoms with E-state index in [1.54, 1.807) is 31.2 Å². The summed E-state index contributed by atoms with van der Waals surface area (Å²) in [5, 5.41) is 3.03. The van der Waals surface area contributed by atoms with E-state index in [0.29, 0.717) is 11.3 Å². The van der Waals surface area contributed by atoms with Gasteiger partial charge in [-0.2, -0.15) is 0 Å². The Labute approximate surface area is 160 Å². The first-order chi connectivity index (χ1) is 12.9. The molecular formula is C23H27NO3. The van der Waals surface area contributed by atoms with Crippen LogP contribution >= 0.6 is 0 Å². The summed E-state index contributed by atoms with van der Waals surface area (Å²) >= 11 is 0. The van der Waals surface area contributed by atoms with Gasteiger partial charge in [0.1, 0.15) is 5.75 Å². The van der Waals surface area contributed by atoms with Crippen molar-refractivity contribution in [3.05, 3.63) is 64.7 Å². The summed E-state index contributed by atoms with van der Waals surface area (Å²) in [6, 6.07) is 13.3. The number of fused-ring (bicyclic) bond motifs is 1. The number of Topliss-reactive ketones (excluding diaryl/α,β-unsaturated/α-hetero) is 1. The zero-order valence-corrected chi connectivity index (χ0v) is 16.2. The van der Waals surface area contributed by atoms with Crippen molar-refractivity contribution in [2.45, 2.75) is 58.6 Å². The summed E-state index contributed by atoms with van der Waals surface area (Å²) in [7, 11) is 0. The summed E-state index contributed by atoms with van der Waals surface area (Å²) in [5.74, 6) is 0.422. The largest absolute Gasteiger partial charge is 0.481 e. The Hall–Kier alpha value is -2.62. The average Bonchev–Trinajstić information content (AvgIpc) is 2.67. The lowest BCUT2D eigenvalue weighted by atomic mass is 9.89. The highest BCUT2D eigenvalue weighted by atomic mass is 16.5. The van der Waals surface area contributed by atoms with Crippen LogP contribution in [-0.4, -0.2) is 17.8 Å². The van der Waals surface area contributed by atoms with Crippen molar-refractivity contribution >= 4 is 11.7 Å². The second kappa shape index (κ2) is 8.38. The molecule has 0 saturated carbocycles. The fourth-order valence-corrected chi connectivity index (χ4v) is 3.46. The third-order valence-electron chi connectivity index (χ3n) is 5.17. The molecule has 1 N–H and O–H groups in total. The van der Waals surface area contributed by atoms with Crippen LogP contribution in [0.1, 0.15) is 66.7 Å². The second-order valence-corrected chi connectivity index (χ2v) is 7.31. The lowest BCUT2D eigenvalue weighted by Crippen LogP contribution is -2.37. The molecule has 2 unspecified atom stereocenters. The molecule has 0 saturated heterocycles. The van der Waals surface area contributed by atoms with E-state index in [0.717, 1.165) is 18.4 Å². The van der Waals surface area contributed by atoms with Gasteiger partial charge in [0.05, 0.1) is 6.04 Å². The van der Waals surface area contributed by atoms with Gasteiger partial charge in [0.2, 0.25) is 0 Å². The average molecular weight is 365 g/mol. The molecule has 0 heterocycles. The first-order valence-electron chi connectivity index (χ1n) is 9.64. The fraction of sp³-hybridized carbons (Fsp3) is 0.391. The number of benzene rings is 2. The zero-order chi connectivity index (χ0) is 19.4. The number of rotatable bonds is 6. The minimum Gasteiger partial charge on any atom is -0.481 e. The van der Waals surface area contributed by atoms with Crippen LogP contribution < -0.4 is 10.1 Å². The molecule has 1 aliphatic rings. The number of carbonyl (C=O) groups is 2. The predicted molar refractivity (Wildman–Crippen MR) is 106 cm³/mol. The normalized spacial score (nSPS) is 15.4. The molecule has 1 amide bonds. The molecule has 0 spiro atoms. The monoisotopic (exact) mass is 365 g/mol. The molecule has 1 aliphatic carbocycles. The van der Waals surface area contributed by atoms with Gasteiger partial charge < -0.3 is 10.1 Å². The van der Waals surface area contributed by atoms with Crippen LogP contribution in [0.2, 0.25) is 0 Å². The summed E-state index contributed by atoms with van der Waals surface area (Å²) in [4.78, 5) is 23.8. The molecule has 0 fully saturated rings. The van der Waals surface area contributed by atoms with E-state index in [-0.39, 0.29) is 17.7 Å². The number of aryl methyl sites for hydroxylation is 2. The maximum absolute atomic E-state index is 12.5. The van der Waals surface area contributed by atoms with Gasteiger partial charge in [-0.3, -0.25) is 9.59 Å². The first kappa shape index (κ1) is 19.2. The Bertz CT molecular complexity index is 826. The summed E-state index contributed by atoms with van der Waals surface area (Å²) < 4.78 is 5.71. The molecule has 0 aromatic heterocycles. The molecule has 4 nitrogen and oxygen atoms in total. The predicted octanol–water partition coefficient (Wildman–Crippen LogP) is 4.41. The number of amides is 1. The van der Waals surface area contributed by atoms with Gasteiger partial charge >= 0.3 is 0 Å². The lowest BCUT2D eigenvalue weighted by Gasteiger charge is -2.22. The van der Waals surface area contributed by atoms with Crippen LogP contribution in [0, 0.1) is 0 Å². The van der Waals surface area contributed by atoms with Gasteiger partial charge in [-0.1, -0.05) is 18.2 Å². The van der Waals surface area contributed by atoms with Gasteiger partial charge in [0.15, 0.2) is 11.9 Å². The van der Waals surface area contributed by atoms with Gasteiger partial charge in [0, 0.05) is 5.56 Å². The number of ether oxygens (including phenoxy) is 1. The van der Waals surface area contributed by atoms with E-state index in [1.165, 1.54) is 30.9 Å². The molecule has 0 bridgehead atoms. The van der Waals surface area contributed by atoms with E-state index < -0.39 is 6.10 Å². The van der Waals surface area contributed by atoms with E-state index in [9.17, 15) is 9.59 Å². The lowest BCUT2D eigenvalue weighted by molar-refractivity contribution is -0.127. The SMILES string of the molecule is CC(=O)c1ccc(OC(C)C(=O)NC(C)c2ccc3c(c2)CCCC3)cc1. The van der Waals surface area contributed by atoms with Crippen molar-refractivity contribution in [3.63, 3.8) is 0 Å². The maximum Gasteiger partial charge on any atom is 0.261 e. The van der Waals surface area contributed by atoms with Crippen LogP contribution in [0.4, 0.5) is 0 Å². The molecule has 27 heavy (non-hydrogen) atoms. The highest BCUT2D eigenvalue weighted by molar-refractivity contribution is 5.94. The maximum atomic E-state index is 12.5. The van der Waals surface area contributed by atoms with Gasteiger partial charge in [-0.15, -0.1) is 0 Å². The van der Waals surface area contributed by atoms with Crippen molar-refractivity contribution in [1.82, 2.24) is 5.32 Å². The summed E-state index contributed by atoms with van der Waals surface area (Å²) in [6.45, 7) is 5.25. The molecule has 2 atom stereocenters. The Morgan fingerprint density at radius 3 is 2.30 bits per heavy atom. The minimum atomic E-state index is -0.617. The molecule has 2 aromatic rings. The van der Waals surface area contributed by atoms with Crippen LogP contribution in [-0.2, 0) is 17.6 Å². The van der Waals surface area contributed by atoms with Crippen molar-refractivity contribution in [1.29, 1.82) is 0 Å². The zero-order valence-electron chi connectivity index (χ0n) is 16.2. The van der Waals surface area contributed by atoms with Crippen LogP contribution in [0.15, 0.2) is 42.5 Å². The number of nitrogens with one attached hydrogen (secondary N) is 1. The van der Waals surface area contributed by atoms with Gasteiger partial charge in [-0.25, -0.2) is 0 Å². The number of carbonyl (C=O) groups excluding carboxylic acids is 2. The van der Waals surface area contributed by atoms with Crippen molar-refractivity contribution < 1.29 is 14.3 Å². The highest BCUT2D eigenvalue weighted by Gasteiger charge is 2.19. The van der Waals surface area contributed by atoms with Crippen LogP contribution in [0.5, 0.6) is 5.75 Å². The molecule has 0 aliphatic heterocycles. The highest BCUT2D eigenvalue weighted by Crippen LogP contribution is 2.25. The molecule has 3 rings (SSSR count). The third-order valence-corrected chi connectivity index (χ3v) is 5.17. The Balaban J connectivity index is 1.59. The summed E-state index contributed by atoms with van der Waals surface area (Å²) in [5.41, 5.74) is 4.60. The minimum absolute atomic E-state index is 0.00576. The number of hydrogen-bond donors (Lipinski definition) is 1. The first-order valence-corrected chi connectivity index (χ1v) is 9.64. The second-order valence-electron chi connectivity index (χ2n) is 7.31. The summed E-state index contributed by atoms with van der Waals surface area (Å²) in [6.07, 6.45) is 4.17. The van der Waals surface area contributed by atoms with Crippen molar-refractivity contribution in [2.75, 3.05) is 0 Å². The number of hydrogen-bond acceptors (Lipinski definition) is 3. The van der Waals surface area contributed by atoms with E-state index in [4.69, 9.17) is 4.74 Å². The molecule has 0 radical (unpaired) electrons. The van der Waals surface area contributed by atoms with E-state index >= 15 is 0 Å². The molecular weight excluding hydrogens is 338 g/mol. The Kier molecular flexibility index (Phi) is 5.94. The van der Waals surface area contributed by atoms with Gasteiger partial charge in [-0.05, 0) is 87.4 Å².